The second-order valence-corrected chi connectivity index (χ2v) is 4.68. The predicted octanol–water partition coefficient (Wildman–Crippen LogP) is 1.20. The first-order valence-electron chi connectivity index (χ1n) is 4.91. The van der Waals surface area contributed by atoms with Crippen molar-refractivity contribution < 1.29 is 5.11 Å². The number of rotatable bonds is 5. The van der Waals surface area contributed by atoms with Gasteiger partial charge in [-0.3, -0.25) is 0 Å². The number of hydrogen-bond donors (Lipinski definition) is 2. The third kappa shape index (κ3) is 4.75. The molecule has 1 aromatic carbocycles. The highest BCUT2D eigenvalue weighted by Gasteiger charge is 2.05. The Hall–Kier alpha value is -0.420. The van der Waals surface area contributed by atoms with Crippen LogP contribution in [0.5, 0.6) is 0 Å². The van der Waals surface area contributed by atoms with Gasteiger partial charge in [0.2, 0.25) is 0 Å². The van der Waals surface area contributed by atoms with E-state index in [-0.39, 0.29) is 12.6 Å². The molecule has 84 valence electrons. The number of aliphatic hydroxyl groups excluding tert-OH is 1. The number of nitrogens with two attached hydrogens (primary N) is 1. The van der Waals surface area contributed by atoms with E-state index in [1.54, 1.807) is 0 Å². The quantitative estimate of drug-likeness (QED) is 0.847. The Morgan fingerprint density at radius 1 is 1.40 bits per heavy atom. The van der Waals surface area contributed by atoms with Crippen LogP contribution in [-0.4, -0.2) is 36.2 Å². The maximum absolute atomic E-state index is 8.83. The number of hydrogen-bond acceptors (Lipinski definition) is 3. The fourth-order valence-electron chi connectivity index (χ4n) is 1.42. The average Bonchev–Trinajstić information content (AvgIpc) is 2.21. The Balaban J connectivity index is 2.44. The van der Waals surface area contributed by atoms with E-state index in [1.807, 2.05) is 19.2 Å². The molecule has 0 aliphatic heterocycles. The molecule has 0 amide bonds. The van der Waals surface area contributed by atoms with Crippen molar-refractivity contribution in [1.82, 2.24) is 4.90 Å². The zero-order chi connectivity index (χ0) is 11.3. The van der Waals surface area contributed by atoms with Gasteiger partial charge in [0.05, 0.1) is 6.61 Å². The average molecular weight is 273 g/mol. The lowest BCUT2D eigenvalue weighted by atomic mass is 10.2. The number of nitrogens with zero attached hydrogens (tertiary/aromatic N) is 1. The molecule has 1 unspecified atom stereocenters. The molecule has 0 fully saturated rings. The highest BCUT2D eigenvalue weighted by Crippen LogP contribution is 2.11. The van der Waals surface area contributed by atoms with Gasteiger partial charge in [-0.05, 0) is 24.7 Å². The summed E-state index contributed by atoms with van der Waals surface area (Å²) in [7, 11) is 2.00. The minimum absolute atomic E-state index is 0.0324. The Kier molecular flexibility index (Phi) is 5.25. The van der Waals surface area contributed by atoms with Crippen LogP contribution in [-0.2, 0) is 6.54 Å². The van der Waals surface area contributed by atoms with Crippen molar-refractivity contribution >= 4 is 15.9 Å². The minimum Gasteiger partial charge on any atom is -0.395 e. The van der Waals surface area contributed by atoms with E-state index < -0.39 is 0 Å². The molecule has 0 heterocycles. The first-order valence-corrected chi connectivity index (χ1v) is 5.70. The lowest BCUT2D eigenvalue weighted by Crippen LogP contribution is -2.37. The predicted molar refractivity (Wildman–Crippen MR) is 65.5 cm³/mol. The van der Waals surface area contributed by atoms with E-state index in [1.165, 1.54) is 5.56 Å². The summed E-state index contributed by atoms with van der Waals surface area (Å²) in [5.41, 5.74) is 6.89. The second kappa shape index (κ2) is 6.23. The van der Waals surface area contributed by atoms with Crippen molar-refractivity contribution in [3.05, 3.63) is 34.3 Å². The van der Waals surface area contributed by atoms with Crippen LogP contribution in [0.15, 0.2) is 28.7 Å². The van der Waals surface area contributed by atoms with Crippen LogP contribution in [0, 0.1) is 0 Å². The topological polar surface area (TPSA) is 49.5 Å². The number of halogens is 1. The molecule has 0 radical (unpaired) electrons. The Morgan fingerprint density at radius 2 is 2.00 bits per heavy atom. The largest absolute Gasteiger partial charge is 0.395 e. The zero-order valence-corrected chi connectivity index (χ0v) is 10.4. The molecule has 3 nitrogen and oxygen atoms in total. The molecule has 15 heavy (non-hydrogen) atoms. The van der Waals surface area contributed by atoms with Gasteiger partial charge in [0.15, 0.2) is 0 Å². The first kappa shape index (κ1) is 12.6. The van der Waals surface area contributed by atoms with E-state index in [0.29, 0.717) is 6.54 Å². The van der Waals surface area contributed by atoms with E-state index in [0.717, 1.165) is 11.0 Å². The lowest BCUT2D eigenvalue weighted by molar-refractivity contribution is 0.218. The van der Waals surface area contributed by atoms with Crippen LogP contribution in [0.2, 0.25) is 0 Å². The van der Waals surface area contributed by atoms with Gasteiger partial charge in [0.1, 0.15) is 0 Å². The lowest BCUT2D eigenvalue weighted by Gasteiger charge is -2.19. The number of benzene rings is 1. The van der Waals surface area contributed by atoms with Gasteiger partial charge in [-0.2, -0.15) is 0 Å². The third-order valence-electron chi connectivity index (χ3n) is 2.15. The third-order valence-corrected chi connectivity index (χ3v) is 2.68. The van der Waals surface area contributed by atoms with Crippen molar-refractivity contribution in [2.24, 2.45) is 5.73 Å². The normalized spacial score (nSPS) is 13.1. The Labute approximate surface area is 99.0 Å². The molecule has 1 rings (SSSR count). The molecular weight excluding hydrogens is 256 g/mol. The molecule has 3 N–H and O–H groups in total. The molecule has 0 saturated heterocycles. The summed E-state index contributed by atoms with van der Waals surface area (Å²) >= 11 is 3.40. The van der Waals surface area contributed by atoms with Gasteiger partial charge < -0.3 is 15.7 Å². The minimum atomic E-state index is -0.162. The van der Waals surface area contributed by atoms with Crippen molar-refractivity contribution in [1.29, 1.82) is 0 Å². The molecular formula is C11H17BrN2O. The maximum atomic E-state index is 8.83. The van der Waals surface area contributed by atoms with Crippen molar-refractivity contribution in [3.63, 3.8) is 0 Å². The standard InChI is InChI=1S/C11H17BrN2O/c1-14(7-11(13)8-15)6-9-2-4-10(12)5-3-9/h2-5,11,15H,6-8,13H2,1H3. The van der Waals surface area contributed by atoms with Gasteiger partial charge in [0.25, 0.3) is 0 Å². The van der Waals surface area contributed by atoms with E-state index in [2.05, 4.69) is 33.0 Å². The van der Waals surface area contributed by atoms with Gasteiger partial charge in [-0.1, -0.05) is 28.1 Å². The van der Waals surface area contributed by atoms with Gasteiger partial charge >= 0.3 is 0 Å². The van der Waals surface area contributed by atoms with Crippen LogP contribution < -0.4 is 5.73 Å². The monoisotopic (exact) mass is 272 g/mol. The van der Waals surface area contributed by atoms with Crippen LogP contribution >= 0.6 is 15.9 Å². The van der Waals surface area contributed by atoms with Crippen LogP contribution in [0.25, 0.3) is 0 Å². The van der Waals surface area contributed by atoms with Crippen LogP contribution in [0.1, 0.15) is 5.56 Å². The maximum Gasteiger partial charge on any atom is 0.0595 e. The van der Waals surface area contributed by atoms with E-state index in [9.17, 15) is 0 Å². The fraction of sp³-hybridized carbons (Fsp3) is 0.455. The smallest absolute Gasteiger partial charge is 0.0595 e. The number of likely N-dealkylation sites (N-methyl/N-ethyl adjacent to an activating group) is 1. The number of aliphatic hydroxyl groups is 1. The Bertz CT molecular complexity index is 289. The molecule has 0 saturated carbocycles. The molecule has 0 spiro atoms. The van der Waals surface area contributed by atoms with Gasteiger partial charge in [-0.25, -0.2) is 0 Å². The van der Waals surface area contributed by atoms with Crippen LogP contribution in [0.3, 0.4) is 0 Å². The summed E-state index contributed by atoms with van der Waals surface area (Å²) < 4.78 is 1.08. The summed E-state index contributed by atoms with van der Waals surface area (Å²) in [5, 5.41) is 8.83. The summed E-state index contributed by atoms with van der Waals surface area (Å²) in [6, 6.07) is 8.03. The van der Waals surface area contributed by atoms with E-state index in [4.69, 9.17) is 10.8 Å². The molecule has 0 aromatic heterocycles. The van der Waals surface area contributed by atoms with Crippen LogP contribution in [0.4, 0.5) is 0 Å². The van der Waals surface area contributed by atoms with Crippen molar-refractivity contribution in [2.75, 3.05) is 20.2 Å². The molecule has 1 aromatic rings. The molecule has 4 heteroatoms. The second-order valence-electron chi connectivity index (χ2n) is 3.77. The Morgan fingerprint density at radius 3 is 2.53 bits per heavy atom. The van der Waals surface area contributed by atoms with Gasteiger partial charge in [-0.15, -0.1) is 0 Å². The molecule has 0 aliphatic carbocycles. The summed E-state index contributed by atoms with van der Waals surface area (Å²) in [6.07, 6.45) is 0. The summed E-state index contributed by atoms with van der Waals surface area (Å²) in [5.74, 6) is 0. The van der Waals surface area contributed by atoms with Gasteiger partial charge in [0, 0.05) is 23.6 Å². The van der Waals surface area contributed by atoms with Crippen molar-refractivity contribution in [3.8, 4) is 0 Å². The SMILES string of the molecule is CN(Cc1ccc(Br)cc1)CC(N)CO. The van der Waals surface area contributed by atoms with Crippen molar-refractivity contribution in [2.45, 2.75) is 12.6 Å². The summed E-state index contributed by atoms with van der Waals surface area (Å²) in [4.78, 5) is 2.10. The highest BCUT2D eigenvalue weighted by molar-refractivity contribution is 9.10. The molecule has 1 atom stereocenters. The zero-order valence-electron chi connectivity index (χ0n) is 8.86. The fourth-order valence-corrected chi connectivity index (χ4v) is 1.69. The first-order chi connectivity index (χ1) is 7.11. The molecule has 0 aliphatic rings. The molecule has 0 bridgehead atoms. The summed E-state index contributed by atoms with van der Waals surface area (Å²) in [6.45, 7) is 1.58. The highest BCUT2D eigenvalue weighted by atomic mass is 79.9. The van der Waals surface area contributed by atoms with E-state index >= 15 is 0 Å².